The number of methoxy groups -OCH3 is 1. The highest BCUT2D eigenvalue weighted by molar-refractivity contribution is 5.37. The van der Waals surface area contributed by atoms with E-state index < -0.39 is 0 Å². The summed E-state index contributed by atoms with van der Waals surface area (Å²) >= 11 is 0. The first-order valence-corrected chi connectivity index (χ1v) is 11.5. The summed E-state index contributed by atoms with van der Waals surface area (Å²) in [4.78, 5) is 5.21. The van der Waals surface area contributed by atoms with Crippen LogP contribution in [0.5, 0.6) is 5.75 Å². The standard InChI is InChI=1S/C24H40N2O3/c1-3-29-19-22-15-21(9-10-24(22)28-2)16-25-12-13-26(23(18-25)11-14-27)17-20-7-5-4-6-8-20/h9-10,15,20,23,27H,3-8,11-14,16-19H2,1-2H3/t23-/m1/s1. The Morgan fingerprint density at radius 1 is 1.14 bits per heavy atom. The molecule has 3 rings (SSSR count). The fraction of sp³-hybridized carbons (Fsp3) is 0.750. The van der Waals surface area contributed by atoms with Crippen molar-refractivity contribution in [1.82, 2.24) is 9.80 Å². The van der Waals surface area contributed by atoms with Gasteiger partial charge >= 0.3 is 0 Å². The van der Waals surface area contributed by atoms with Gasteiger partial charge in [0, 0.05) is 57.5 Å². The summed E-state index contributed by atoms with van der Waals surface area (Å²) in [6, 6.07) is 6.93. The zero-order valence-corrected chi connectivity index (χ0v) is 18.4. The second kappa shape index (κ2) is 11.9. The number of rotatable bonds is 10. The summed E-state index contributed by atoms with van der Waals surface area (Å²) < 4.78 is 11.1. The molecule has 2 aliphatic rings. The van der Waals surface area contributed by atoms with E-state index in [1.165, 1.54) is 44.2 Å². The molecule has 0 radical (unpaired) electrons. The average molecular weight is 405 g/mol. The molecule has 1 saturated carbocycles. The highest BCUT2D eigenvalue weighted by Crippen LogP contribution is 2.27. The van der Waals surface area contributed by atoms with Gasteiger partial charge in [0.25, 0.3) is 0 Å². The van der Waals surface area contributed by atoms with Gasteiger partial charge < -0.3 is 14.6 Å². The molecule has 0 aromatic heterocycles. The largest absolute Gasteiger partial charge is 0.496 e. The third-order valence-electron chi connectivity index (χ3n) is 6.58. The summed E-state index contributed by atoms with van der Waals surface area (Å²) in [7, 11) is 1.72. The predicted molar refractivity (Wildman–Crippen MR) is 117 cm³/mol. The molecule has 0 spiro atoms. The maximum atomic E-state index is 9.62. The summed E-state index contributed by atoms with van der Waals surface area (Å²) in [5.74, 6) is 1.76. The summed E-state index contributed by atoms with van der Waals surface area (Å²) in [6.45, 7) is 9.02. The van der Waals surface area contributed by atoms with E-state index in [-0.39, 0.29) is 6.61 Å². The Hall–Kier alpha value is -1.14. The number of hydrogen-bond acceptors (Lipinski definition) is 5. The maximum Gasteiger partial charge on any atom is 0.124 e. The van der Waals surface area contributed by atoms with Crippen LogP contribution in [0.15, 0.2) is 18.2 Å². The van der Waals surface area contributed by atoms with E-state index >= 15 is 0 Å². The quantitative estimate of drug-likeness (QED) is 0.644. The lowest BCUT2D eigenvalue weighted by atomic mass is 9.88. The van der Waals surface area contributed by atoms with Crippen LogP contribution in [-0.2, 0) is 17.9 Å². The van der Waals surface area contributed by atoms with E-state index in [9.17, 15) is 5.11 Å². The highest BCUT2D eigenvalue weighted by atomic mass is 16.5. The van der Waals surface area contributed by atoms with Crippen LogP contribution < -0.4 is 4.74 Å². The molecular formula is C24H40N2O3. The van der Waals surface area contributed by atoms with E-state index in [1.54, 1.807) is 7.11 Å². The number of aliphatic hydroxyl groups excluding tert-OH is 1. The van der Waals surface area contributed by atoms with Crippen molar-refractivity contribution >= 4 is 0 Å². The van der Waals surface area contributed by atoms with Crippen molar-refractivity contribution in [3.63, 3.8) is 0 Å². The molecule has 0 amide bonds. The molecule has 1 aliphatic carbocycles. The van der Waals surface area contributed by atoms with Crippen molar-refractivity contribution in [3.8, 4) is 5.75 Å². The minimum absolute atomic E-state index is 0.278. The molecule has 5 nitrogen and oxygen atoms in total. The topological polar surface area (TPSA) is 45.2 Å². The molecule has 0 unspecified atom stereocenters. The van der Waals surface area contributed by atoms with Crippen molar-refractivity contribution in [1.29, 1.82) is 0 Å². The first kappa shape index (κ1) is 22.5. The van der Waals surface area contributed by atoms with Gasteiger partial charge in [-0.25, -0.2) is 0 Å². The van der Waals surface area contributed by atoms with Gasteiger partial charge in [-0.15, -0.1) is 0 Å². The first-order valence-electron chi connectivity index (χ1n) is 11.5. The smallest absolute Gasteiger partial charge is 0.124 e. The molecule has 2 fully saturated rings. The molecule has 1 aromatic carbocycles. The van der Waals surface area contributed by atoms with Crippen LogP contribution >= 0.6 is 0 Å². The molecule has 29 heavy (non-hydrogen) atoms. The van der Waals surface area contributed by atoms with Crippen LogP contribution in [0.3, 0.4) is 0 Å². The second-order valence-corrected chi connectivity index (χ2v) is 8.68. The minimum atomic E-state index is 0.278. The monoisotopic (exact) mass is 404 g/mol. The van der Waals surface area contributed by atoms with Crippen molar-refractivity contribution in [3.05, 3.63) is 29.3 Å². The number of nitrogens with zero attached hydrogens (tertiary/aromatic N) is 2. The Labute approximate surface area is 177 Å². The third-order valence-corrected chi connectivity index (χ3v) is 6.58. The predicted octanol–water partition coefficient (Wildman–Crippen LogP) is 3.68. The van der Waals surface area contributed by atoms with E-state index in [0.29, 0.717) is 19.3 Å². The van der Waals surface area contributed by atoms with Crippen LogP contribution in [0.1, 0.15) is 56.6 Å². The van der Waals surface area contributed by atoms with Gasteiger partial charge in [0.2, 0.25) is 0 Å². The Morgan fingerprint density at radius 3 is 2.69 bits per heavy atom. The second-order valence-electron chi connectivity index (χ2n) is 8.68. The molecular weight excluding hydrogens is 364 g/mol. The number of ether oxygens (including phenoxy) is 2. The molecule has 164 valence electrons. The van der Waals surface area contributed by atoms with Gasteiger partial charge in [-0.3, -0.25) is 9.80 Å². The normalized spacial score (nSPS) is 22.1. The Balaban J connectivity index is 1.59. The fourth-order valence-electron chi connectivity index (χ4n) is 4.98. The molecule has 1 N–H and O–H groups in total. The molecule has 1 heterocycles. The van der Waals surface area contributed by atoms with Crippen molar-refractivity contribution in [2.24, 2.45) is 5.92 Å². The summed E-state index contributed by atoms with van der Waals surface area (Å²) in [5, 5.41) is 9.62. The SMILES string of the molecule is CCOCc1cc(CN2CCN(CC3CCCCC3)[C@H](CCO)C2)ccc1OC. The first-order chi connectivity index (χ1) is 14.2. The fourth-order valence-corrected chi connectivity index (χ4v) is 4.98. The zero-order chi connectivity index (χ0) is 20.5. The van der Waals surface area contributed by atoms with Gasteiger partial charge in [-0.05, 0) is 49.8 Å². The molecule has 1 aliphatic heterocycles. The molecule has 1 saturated heterocycles. The summed E-state index contributed by atoms with van der Waals surface area (Å²) in [6.07, 6.45) is 7.87. The lowest BCUT2D eigenvalue weighted by Crippen LogP contribution is -2.54. The van der Waals surface area contributed by atoms with Gasteiger partial charge in [0.15, 0.2) is 0 Å². The van der Waals surface area contributed by atoms with Crippen molar-refractivity contribution in [2.75, 3.05) is 46.5 Å². The average Bonchev–Trinajstić information content (AvgIpc) is 2.75. The van der Waals surface area contributed by atoms with E-state index in [0.717, 1.165) is 49.8 Å². The number of benzene rings is 1. The lowest BCUT2D eigenvalue weighted by Gasteiger charge is -2.43. The van der Waals surface area contributed by atoms with E-state index in [1.807, 2.05) is 6.92 Å². The number of piperazine rings is 1. The van der Waals surface area contributed by atoms with Gasteiger partial charge in [-0.1, -0.05) is 25.3 Å². The van der Waals surface area contributed by atoms with Crippen LogP contribution in [0, 0.1) is 5.92 Å². The van der Waals surface area contributed by atoms with Crippen molar-refractivity contribution in [2.45, 2.75) is 64.6 Å². The van der Waals surface area contributed by atoms with E-state index in [2.05, 4.69) is 28.0 Å². The Morgan fingerprint density at radius 2 is 1.97 bits per heavy atom. The zero-order valence-electron chi connectivity index (χ0n) is 18.4. The van der Waals surface area contributed by atoms with Crippen LogP contribution in [-0.4, -0.2) is 67.5 Å². The lowest BCUT2D eigenvalue weighted by molar-refractivity contribution is 0.0400. The van der Waals surface area contributed by atoms with Gasteiger partial charge in [-0.2, -0.15) is 0 Å². The van der Waals surface area contributed by atoms with Crippen LogP contribution in [0.2, 0.25) is 0 Å². The number of aliphatic hydroxyl groups is 1. The molecule has 0 bridgehead atoms. The van der Waals surface area contributed by atoms with E-state index in [4.69, 9.17) is 9.47 Å². The number of hydrogen-bond donors (Lipinski definition) is 1. The Bertz CT molecular complexity index is 604. The summed E-state index contributed by atoms with van der Waals surface area (Å²) in [5.41, 5.74) is 2.43. The molecule has 5 heteroatoms. The third kappa shape index (κ3) is 6.68. The van der Waals surface area contributed by atoms with Gasteiger partial charge in [0.1, 0.15) is 5.75 Å². The van der Waals surface area contributed by atoms with Crippen molar-refractivity contribution < 1.29 is 14.6 Å². The van der Waals surface area contributed by atoms with Crippen LogP contribution in [0.25, 0.3) is 0 Å². The maximum absolute atomic E-state index is 9.62. The van der Waals surface area contributed by atoms with Gasteiger partial charge in [0.05, 0.1) is 13.7 Å². The Kier molecular flexibility index (Phi) is 9.25. The highest BCUT2D eigenvalue weighted by Gasteiger charge is 2.29. The van der Waals surface area contributed by atoms with Crippen LogP contribution in [0.4, 0.5) is 0 Å². The molecule has 1 aromatic rings. The minimum Gasteiger partial charge on any atom is -0.496 e. The molecule has 1 atom stereocenters.